The maximum atomic E-state index is 10.6. The van der Waals surface area contributed by atoms with Crippen LogP contribution in [0.3, 0.4) is 0 Å². The van der Waals surface area contributed by atoms with Crippen LogP contribution in [0.25, 0.3) is 0 Å². The summed E-state index contributed by atoms with van der Waals surface area (Å²) in [6.45, 7) is 9.94. The summed E-state index contributed by atoms with van der Waals surface area (Å²) in [4.78, 5) is 4.87. The van der Waals surface area contributed by atoms with E-state index < -0.39 is 0 Å². The van der Waals surface area contributed by atoms with E-state index >= 15 is 0 Å². The molecular weight excluding hydrogens is 495 g/mol. The fraction of sp³-hybridized carbons (Fsp3) is 0.655. The van der Waals surface area contributed by atoms with Crippen molar-refractivity contribution in [2.24, 2.45) is 5.92 Å². The molecule has 4 rings (SSSR count). The van der Waals surface area contributed by atoms with Crippen molar-refractivity contribution in [1.82, 2.24) is 9.80 Å². The van der Waals surface area contributed by atoms with Crippen LogP contribution in [0.4, 0.5) is 0 Å². The molecule has 0 saturated carbocycles. The molecule has 1 aromatic carbocycles. The van der Waals surface area contributed by atoms with Crippen LogP contribution in [0, 0.1) is 5.92 Å². The van der Waals surface area contributed by atoms with Crippen LogP contribution in [0.2, 0.25) is 10.0 Å². The molecule has 196 valence electrons. The Bertz CT molecular complexity index is 862. The van der Waals surface area contributed by atoms with E-state index in [1.807, 2.05) is 18.2 Å². The zero-order valence-electron chi connectivity index (χ0n) is 21.8. The van der Waals surface area contributed by atoms with Crippen LogP contribution < -0.4 is 0 Å². The van der Waals surface area contributed by atoms with Gasteiger partial charge in [0, 0.05) is 23.1 Å². The molecule has 2 aromatic rings. The number of aliphatic hydroxyl groups is 1. The summed E-state index contributed by atoms with van der Waals surface area (Å²) in [7, 11) is 2.19. The highest BCUT2D eigenvalue weighted by atomic mass is 35.5. The molecule has 3 nitrogen and oxygen atoms in total. The lowest BCUT2D eigenvalue weighted by Crippen LogP contribution is -2.36. The molecule has 6 heteroatoms. The van der Waals surface area contributed by atoms with E-state index in [4.69, 9.17) is 23.2 Å². The van der Waals surface area contributed by atoms with Crippen LogP contribution in [0.15, 0.2) is 35.0 Å². The number of hydrogen-bond acceptors (Lipinski definition) is 4. The first kappa shape index (κ1) is 28.9. The van der Waals surface area contributed by atoms with Crippen LogP contribution in [-0.4, -0.2) is 53.7 Å². The molecule has 0 amide bonds. The molecule has 1 aromatic heterocycles. The maximum absolute atomic E-state index is 10.6. The maximum Gasteiger partial charge on any atom is 0.0650 e. The van der Waals surface area contributed by atoms with Gasteiger partial charge in [-0.25, -0.2) is 0 Å². The van der Waals surface area contributed by atoms with Crippen molar-refractivity contribution in [2.75, 3.05) is 33.2 Å². The standard InChI is InChI=1S/C15H15Cl2NS.C14H29NO/c16-14-2-1-12(15(17)7-14)9-18-5-3-11(8-18)13-4-6-19-10-13;1-4-8-14(16,9-5-2)12-13-6-10-15(3)11-7-13/h1-2,4,6-7,10-11H,3,5,8-9H2;13,16H,4-12H2,1-3H3/t11-;/m1./s1. The van der Waals surface area contributed by atoms with E-state index in [2.05, 4.69) is 47.5 Å². The molecule has 0 aliphatic carbocycles. The minimum Gasteiger partial charge on any atom is -0.390 e. The summed E-state index contributed by atoms with van der Waals surface area (Å²) in [5.74, 6) is 1.43. The highest BCUT2D eigenvalue weighted by Gasteiger charge is 2.30. The van der Waals surface area contributed by atoms with E-state index in [-0.39, 0.29) is 5.60 Å². The Morgan fingerprint density at radius 1 is 1.03 bits per heavy atom. The zero-order valence-corrected chi connectivity index (χ0v) is 24.1. The molecule has 3 heterocycles. The van der Waals surface area contributed by atoms with E-state index in [1.165, 1.54) is 37.9 Å². The Labute approximate surface area is 227 Å². The largest absolute Gasteiger partial charge is 0.390 e. The topological polar surface area (TPSA) is 26.7 Å². The lowest BCUT2D eigenvalue weighted by atomic mass is 9.80. The van der Waals surface area contributed by atoms with Gasteiger partial charge in [0.25, 0.3) is 0 Å². The highest BCUT2D eigenvalue weighted by molar-refractivity contribution is 7.08. The van der Waals surface area contributed by atoms with Crippen LogP contribution in [0.5, 0.6) is 0 Å². The third kappa shape index (κ3) is 9.32. The Hall–Kier alpha value is -0.620. The molecule has 0 bridgehead atoms. The Morgan fingerprint density at radius 2 is 1.74 bits per heavy atom. The highest BCUT2D eigenvalue weighted by Crippen LogP contribution is 2.33. The van der Waals surface area contributed by atoms with Gasteiger partial charge in [0.2, 0.25) is 0 Å². The zero-order chi connectivity index (χ0) is 25.3. The van der Waals surface area contributed by atoms with E-state index in [1.54, 1.807) is 11.3 Å². The molecule has 2 fully saturated rings. The van der Waals surface area contributed by atoms with Gasteiger partial charge < -0.3 is 10.0 Å². The van der Waals surface area contributed by atoms with Crippen LogP contribution in [-0.2, 0) is 6.54 Å². The Morgan fingerprint density at radius 3 is 2.34 bits per heavy atom. The molecule has 35 heavy (non-hydrogen) atoms. The normalized spacial score (nSPS) is 20.1. The fourth-order valence-corrected chi connectivity index (χ4v) is 6.92. The lowest BCUT2D eigenvalue weighted by Gasteiger charge is -2.36. The monoisotopic (exact) mass is 538 g/mol. The lowest BCUT2D eigenvalue weighted by molar-refractivity contribution is -0.0100. The Balaban J connectivity index is 0.000000199. The predicted octanol–water partition coefficient (Wildman–Crippen LogP) is 8.09. The van der Waals surface area contributed by atoms with Crippen molar-refractivity contribution in [2.45, 2.75) is 83.3 Å². The predicted molar refractivity (Wildman–Crippen MR) is 153 cm³/mol. The summed E-state index contributed by atoms with van der Waals surface area (Å²) < 4.78 is 0. The van der Waals surface area contributed by atoms with Crippen molar-refractivity contribution in [3.63, 3.8) is 0 Å². The summed E-state index contributed by atoms with van der Waals surface area (Å²) in [5.41, 5.74) is 2.27. The minimum atomic E-state index is -0.371. The molecule has 0 spiro atoms. The van der Waals surface area contributed by atoms with E-state index in [0.717, 1.165) is 68.2 Å². The molecule has 0 unspecified atom stereocenters. The van der Waals surface area contributed by atoms with Crippen molar-refractivity contribution in [1.29, 1.82) is 0 Å². The van der Waals surface area contributed by atoms with Gasteiger partial charge in [-0.1, -0.05) is 56.0 Å². The molecule has 1 N–H and O–H groups in total. The molecule has 2 saturated heterocycles. The second-order valence-corrected chi connectivity index (χ2v) is 12.3. The number of piperidine rings is 1. The van der Waals surface area contributed by atoms with Crippen molar-refractivity contribution in [3.8, 4) is 0 Å². The van der Waals surface area contributed by atoms with Crippen molar-refractivity contribution in [3.05, 3.63) is 56.2 Å². The summed E-state index contributed by atoms with van der Waals surface area (Å²) >= 11 is 13.9. The second kappa shape index (κ2) is 14.4. The van der Waals surface area contributed by atoms with Crippen molar-refractivity contribution < 1.29 is 5.11 Å². The van der Waals surface area contributed by atoms with Gasteiger partial charge in [0.05, 0.1) is 5.60 Å². The first-order valence-electron chi connectivity index (χ1n) is 13.4. The smallest absolute Gasteiger partial charge is 0.0650 e. The first-order valence-corrected chi connectivity index (χ1v) is 15.1. The number of halogens is 2. The van der Waals surface area contributed by atoms with Gasteiger partial charge in [-0.3, -0.25) is 4.90 Å². The summed E-state index contributed by atoms with van der Waals surface area (Å²) in [5, 5.41) is 16.5. The third-order valence-electron chi connectivity index (χ3n) is 7.63. The first-order chi connectivity index (χ1) is 16.8. The molecule has 2 aliphatic heterocycles. The number of hydrogen-bond donors (Lipinski definition) is 1. The average molecular weight is 540 g/mol. The van der Waals surface area contributed by atoms with Gasteiger partial charge in [-0.2, -0.15) is 11.3 Å². The SMILES string of the molecule is CCCC(O)(CCC)CC1CCN(C)CC1.Clc1ccc(CN2CC[C@@H](c3ccsc3)C2)c(Cl)c1. The van der Waals surface area contributed by atoms with Gasteiger partial charge in [0.15, 0.2) is 0 Å². The van der Waals surface area contributed by atoms with E-state index in [9.17, 15) is 5.11 Å². The number of benzene rings is 1. The van der Waals surface area contributed by atoms with Crippen molar-refractivity contribution >= 4 is 34.5 Å². The van der Waals surface area contributed by atoms with Gasteiger partial charge in [0.1, 0.15) is 0 Å². The molecule has 2 aliphatic rings. The van der Waals surface area contributed by atoms with Crippen LogP contribution in [0.1, 0.15) is 82.3 Å². The molecule has 0 radical (unpaired) electrons. The number of thiophene rings is 1. The number of rotatable bonds is 9. The van der Waals surface area contributed by atoms with Gasteiger partial charge in [-0.05, 0) is 117 Å². The fourth-order valence-electron chi connectivity index (χ4n) is 5.71. The summed E-state index contributed by atoms with van der Waals surface area (Å²) in [6.07, 6.45) is 8.97. The average Bonchev–Trinajstić information content (AvgIpc) is 3.50. The Kier molecular flexibility index (Phi) is 11.9. The van der Waals surface area contributed by atoms with E-state index in [0.29, 0.717) is 10.9 Å². The number of likely N-dealkylation sites (tertiary alicyclic amines) is 2. The molecular formula is C29H44Cl2N2OS. The quantitative estimate of drug-likeness (QED) is 0.349. The van der Waals surface area contributed by atoms with Crippen LogP contribution >= 0.6 is 34.5 Å². The molecule has 1 atom stereocenters. The minimum absolute atomic E-state index is 0.371. The van der Waals surface area contributed by atoms with Gasteiger partial charge in [-0.15, -0.1) is 0 Å². The number of nitrogens with zero attached hydrogens (tertiary/aromatic N) is 2. The van der Waals surface area contributed by atoms with Gasteiger partial charge >= 0.3 is 0 Å². The summed E-state index contributed by atoms with van der Waals surface area (Å²) in [6, 6.07) is 8.01. The third-order valence-corrected chi connectivity index (χ3v) is 8.92. The second-order valence-electron chi connectivity index (χ2n) is 10.7.